The third kappa shape index (κ3) is 2.94. The van der Waals surface area contributed by atoms with E-state index in [2.05, 4.69) is 53.6 Å². The van der Waals surface area contributed by atoms with Crippen LogP contribution in [0.25, 0.3) is 0 Å². The lowest BCUT2D eigenvalue weighted by atomic mass is 9.94. The summed E-state index contributed by atoms with van der Waals surface area (Å²) in [7, 11) is 0. The summed E-state index contributed by atoms with van der Waals surface area (Å²) in [6, 6.07) is 18.7. The zero-order valence-electron chi connectivity index (χ0n) is 11.3. The van der Waals surface area contributed by atoms with Crippen LogP contribution >= 0.6 is 0 Å². The molecule has 0 aliphatic heterocycles. The van der Waals surface area contributed by atoms with E-state index in [-0.39, 0.29) is 0 Å². The molecule has 1 nitrogen and oxygen atoms in total. The average molecular weight is 259 g/mol. The van der Waals surface area contributed by atoms with Crippen LogP contribution in [0.5, 0.6) is 0 Å². The lowest BCUT2D eigenvalue weighted by molar-refractivity contribution is 1.06. The van der Waals surface area contributed by atoms with Crippen molar-refractivity contribution in [1.82, 2.24) is 0 Å². The molecule has 0 N–H and O–H groups in total. The molecule has 0 unspecified atom stereocenters. The summed E-state index contributed by atoms with van der Waals surface area (Å²) in [6.45, 7) is 0. The van der Waals surface area contributed by atoms with Gasteiger partial charge < -0.3 is 0 Å². The fourth-order valence-electron chi connectivity index (χ4n) is 2.45. The van der Waals surface area contributed by atoms with Crippen molar-refractivity contribution in [3.05, 3.63) is 90.0 Å². The van der Waals surface area contributed by atoms with Gasteiger partial charge in [0.2, 0.25) is 0 Å². The number of rotatable bonds is 4. The largest absolute Gasteiger partial charge is 0.261 e. The Balaban J connectivity index is 1.76. The molecule has 0 atom stereocenters. The molecule has 20 heavy (non-hydrogen) atoms. The summed E-state index contributed by atoms with van der Waals surface area (Å²) in [6.07, 6.45) is 11.5. The molecule has 0 spiro atoms. The zero-order valence-corrected chi connectivity index (χ0v) is 11.3. The first kappa shape index (κ1) is 12.6. The topological polar surface area (TPSA) is 12.4 Å². The zero-order chi connectivity index (χ0) is 13.6. The number of para-hydroxylation sites is 1. The van der Waals surface area contributed by atoms with Crippen LogP contribution < -0.4 is 0 Å². The number of aliphatic imine (C=N–C) groups is 1. The van der Waals surface area contributed by atoms with Crippen LogP contribution in [0.2, 0.25) is 0 Å². The van der Waals surface area contributed by atoms with Crippen molar-refractivity contribution < 1.29 is 0 Å². The Kier molecular flexibility index (Phi) is 3.88. The fraction of sp³-hybridized carbons (Fsp3) is 0.105. The first-order valence-corrected chi connectivity index (χ1v) is 6.94. The molecule has 0 saturated heterocycles. The van der Waals surface area contributed by atoms with Gasteiger partial charge in [0.05, 0.1) is 5.69 Å². The van der Waals surface area contributed by atoms with E-state index in [0.717, 1.165) is 12.1 Å². The van der Waals surface area contributed by atoms with E-state index in [9.17, 15) is 0 Å². The van der Waals surface area contributed by atoms with Crippen LogP contribution in [0.3, 0.4) is 0 Å². The van der Waals surface area contributed by atoms with Gasteiger partial charge in [-0.1, -0.05) is 66.8 Å². The highest BCUT2D eigenvalue weighted by atomic mass is 14.7. The van der Waals surface area contributed by atoms with Crippen molar-refractivity contribution in [2.75, 3.05) is 0 Å². The van der Waals surface area contributed by atoms with Gasteiger partial charge in [-0.05, 0) is 23.3 Å². The molecule has 3 rings (SSSR count). The second-order valence-corrected chi connectivity index (χ2v) is 4.85. The first-order chi connectivity index (χ1) is 9.93. The minimum absolute atomic E-state index is 0.413. The fourth-order valence-corrected chi connectivity index (χ4v) is 2.45. The Labute approximate surface area is 120 Å². The van der Waals surface area contributed by atoms with E-state index >= 15 is 0 Å². The Morgan fingerprint density at radius 1 is 0.850 bits per heavy atom. The van der Waals surface area contributed by atoms with E-state index in [1.807, 2.05) is 36.5 Å². The predicted molar refractivity (Wildman–Crippen MR) is 85.8 cm³/mol. The molecule has 0 fully saturated rings. The minimum atomic E-state index is 0.413. The van der Waals surface area contributed by atoms with Crippen molar-refractivity contribution in [3.8, 4) is 0 Å². The van der Waals surface area contributed by atoms with Crippen LogP contribution in [0.1, 0.15) is 17.0 Å². The highest BCUT2D eigenvalue weighted by Crippen LogP contribution is 2.26. The van der Waals surface area contributed by atoms with E-state index in [4.69, 9.17) is 0 Å². The van der Waals surface area contributed by atoms with Crippen molar-refractivity contribution in [1.29, 1.82) is 0 Å². The molecule has 1 heteroatoms. The van der Waals surface area contributed by atoms with Crippen molar-refractivity contribution in [3.63, 3.8) is 0 Å². The Bertz CT molecular complexity index is 638. The summed E-state index contributed by atoms with van der Waals surface area (Å²) in [5.74, 6) is 0.413. The normalized spacial score (nSPS) is 14.4. The van der Waals surface area contributed by atoms with Gasteiger partial charge in [-0.25, -0.2) is 0 Å². The Morgan fingerprint density at radius 3 is 2.35 bits per heavy atom. The molecule has 0 saturated carbocycles. The van der Waals surface area contributed by atoms with E-state index in [0.29, 0.717) is 5.92 Å². The lowest BCUT2D eigenvalue weighted by Gasteiger charge is -2.11. The lowest BCUT2D eigenvalue weighted by Crippen LogP contribution is -1.97. The van der Waals surface area contributed by atoms with Gasteiger partial charge in [-0.2, -0.15) is 0 Å². The molecular formula is C19H17N. The van der Waals surface area contributed by atoms with E-state index < -0.39 is 0 Å². The maximum Gasteiger partial charge on any atom is 0.0625 e. The smallest absolute Gasteiger partial charge is 0.0625 e. The molecule has 0 aromatic heterocycles. The van der Waals surface area contributed by atoms with Crippen LogP contribution in [0, 0.1) is 0 Å². The molecule has 0 bridgehead atoms. The highest BCUT2D eigenvalue weighted by Gasteiger charge is 2.10. The molecule has 1 aliphatic carbocycles. The Morgan fingerprint density at radius 2 is 1.55 bits per heavy atom. The first-order valence-electron chi connectivity index (χ1n) is 6.94. The molecule has 0 amide bonds. The van der Waals surface area contributed by atoms with Gasteiger partial charge in [-0.15, -0.1) is 0 Å². The molecule has 1 aliphatic rings. The third-order valence-electron chi connectivity index (χ3n) is 3.47. The average Bonchev–Trinajstić information content (AvgIpc) is 3.03. The molecular weight excluding hydrogens is 242 g/mol. The summed E-state index contributed by atoms with van der Waals surface area (Å²) in [5, 5.41) is 0. The van der Waals surface area contributed by atoms with Gasteiger partial charge in [0, 0.05) is 18.6 Å². The minimum Gasteiger partial charge on any atom is -0.261 e. The molecule has 0 heterocycles. The van der Waals surface area contributed by atoms with Gasteiger partial charge in [-0.3, -0.25) is 4.99 Å². The second-order valence-electron chi connectivity index (χ2n) is 4.85. The summed E-state index contributed by atoms with van der Waals surface area (Å²) in [5.41, 5.74) is 3.72. The van der Waals surface area contributed by atoms with Crippen LogP contribution in [0.4, 0.5) is 5.69 Å². The highest BCUT2D eigenvalue weighted by molar-refractivity contribution is 5.67. The van der Waals surface area contributed by atoms with Gasteiger partial charge in [0.25, 0.3) is 0 Å². The summed E-state index contributed by atoms with van der Waals surface area (Å²) >= 11 is 0. The van der Waals surface area contributed by atoms with Crippen molar-refractivity contribution >= 4 is 11.9 Å². The number of hydrogen-bond donors (Lipinski definition) is 0. The number of benzene rings is 2. The monoisotopic (exact) mass is 259 g/mol. The molecule has 98 valence electrons. The predicted octanol–water partition coefficient (Wildman–Crippen LogP) is 4.84. The van der Waals surface area contributed by atoms with Crippen LogP contribution in [0.15, 0.2) is 83.9 Å². The van der Waals surface area contributed by atoms with Crippen molar-refractivity contribution in [2.45, 2.75) is 12.3 Å². The number of nitrogens with zero attached hydrogens (tertiary/aromatic N) is 1. The molecule has 2 aromatic rings. The van der Waals surface area contributed by atoms with Gasteiger partial charge in [0.1, 0.15) is 0 Å². The van der Waals surface area contributed by atoms with E-state index in [1.54, 1.807) is 0 Å². The molecule has 0 radical (unpaired) electrons. The summed E-state index contributed by atoms with van der Waals surface area (Å²) < 4.78 is 0. The maximum atomic E-state index is 4.51. The van der Waals surface area contributed by atoms with Crippen molar-refractivity contribution in [2.24, 2.45) is 4.99 Å². The quantitative estimate of drug-likeness (QED) is 0.697. The third-order valence-corrected chi connectivity index (χ3v) is 3.47. The van der Waals surface area contributed by atoms with Crippen LogP contribution in [-0.2, 0) is 6.42 Å². The standard InChI is InChI=1S/C19H17N/c1-2-11-18(12-3-1)20-15-14-17-10-6-7-13-19(17)16-8-4-5-9-16/h1-13,15-16H,14H2. The number of hydrogen-bond acceptors (Lipinski definition) is 1. The van der Waals surface area contributed by atoms with Gasteiger partial charge >= 0.3 is 0 Å². The maximum absolute atomic E-state index is 4.51. The van der Waals surface area contributed by atoms with Gasteiger partial charge in [0.15, 0.2) is 0 Å². The van der Waals surface area contributed by atoms with E-state index in [1.165, 1.54) is 11.1 Å². The Hall–Kier alpha value is -2.41. The van der Waals surface area contributed by atoms with Crippen LogP contribution in [-0.4, -0.2) is 6.21 Å². The SMILES string of the molecule is C1=CC(c2ccccc2CC=Nc2ccccc2)C=C1. The molecule has 2 aromatic carbocycles. The number of allylic oxidation sites excluding steroid dienone is 4. The summed E-state index contributed by atoms with van der Waals surface area (Å²) in [4.78, 5) is 4.51. The second kappa shape index (κ2) is 6.16.